The van der Waals surface area contributed by atoms with Gasteiger partial charge in [-0.25, -0.2) is 4.98 Å². The highest BCUT2D eigenvalue weighted by Crippen LogP contribution is 2.26. The van der Waals surface area contributed by atoms with Crippen LogP contribution in [0.25, 0.3) is 22.7 Å². The first-order valence-electron chi connectivity index (χ1n) is 8.90. The molecule has 0 bridgehead atoms. The Labute approximate surface area is 177 Å². The van der Waals surface area contributed by atoms with E-state index < -0.39 is 0 Å². The Kier molecular flexibility index (Phi) is 5.60. The number of rotatable bonds is 5. The lowest BCUT2D eigenvalue weighted by Gasteiger charge is -2.08. The number of fused-ring (bicyclic) bond motifs is 1. The van der Waals surface area contributed by atoms with Gasteiger partial charge in [0.15, 0.2) is 0 Å². The van der Waals surface area contributed by atoms with Gasteiger partial charge in [-0.1, -0.05) is 47.5 Å². The minimum Gasteiger partial charge on any atom is -0.346 e. The van der Waals surface area contributed by atoms with E-state index in [0.717, 1.165) is 22.3 Å². The largest absolute Gasteiger partial charge is 0.346 e. The van der Waals surface area contributed by atoms with Crippen molar-refractivity contribution in [3.8, 4) is 0 Å². The van der Waals surface area contributed by atoms with Gasteiger partial charge < -0.3 is 10.3 Å². The summed E-state index contributed by atoms with van der Waals surface area (Å²) in [6, 6.07) is 18.4. The predicted molar refractivity (Wildman–Crippen MR) is 117 cm³/mol. The van der Waals surface area contributed by atoms with Crippen molar-refractivity contribution in [2.45, 2.75) is 6.54 Å². The van der Waals surface area contributed by atoms with Crippen molar-refractivity contribution < 1.29 is 4.79 Å². The van der Waals surface area contributed by atoms with Gasteiger partial charge in [0.1, 0.15) is 5.82 Å². The molecule has 0 unspecified atom stereocenters. The molecule has 2 aromatic heterocycles. The topological polar surface area (TPSA) is 70.7 Å². The van der Waals surface area contributed by atoms with Gasteiger partial charge in [0.2, 0.25) is 0 Å². The van der Waals surface area contributed by atoms with E-state index in [2.05, 4.69) is 20.3 Å². The number of aromatic nitrogens is 3. The van der Waals surface area contributed by atoms with Crippen LogP contribution in [0.4, 0.5) is 0 Å². The Bertz CT molecular complexity index is 1170. The lowest BCUT2D eigenvalue weighted by Crippen LogP contribution is -2.24. The lowest BCUT2D eigenvalue weighted by molar-refractivity contribution is -0.115. The Morgan fingerprint density at radius 2 is 1.86 bits per heavy atom. The number of carbonyl (C=O) groups is 1. The van der Waals surface area contributed by atoms with Crippen molar-refractivity contribution in [2.75, 3.05) is 0 Å². The summed E-state index contributed by atoms with van der Waals surface area (Å²) in [5.41, 5.74) is 3.51. The number of hydrogen-bond acceptors (Lipinski definition) is 3. The van der Waals surface area contributed by atoms with Crippen LogP contribution >= 0.6 is 23.2 Å². The summed E-state index contributed by atoms with van der Waals surface area (Å²) in [5, 5.41) is 3.77. The third-order valence-corrected chi connectivity index (χ3v) is 5.04. The van der Waals surface area contributed by atoms with Crippen molar-refractivity contribution in [2.24, 2.45) is 0 Å². The van der Waals surface area contributed by atoms with Gasteiger partial charge in [0.05, 0.1) is 38.9 Å². The number of H-pyrrole nitrogens is 1. The maximum atomic E-state index is 13.0. The average molecular weight is 423 g/mol. The lowest BCUT2D eigenvalue weighted by atomic mass is 10.1. The number of halogens is 2. The number of para-hydroxylation sites is 2. The molecule has 144 valence electrons. The van der Waals surface area contributed by atoms with E-state index >= 15 is 0 Å². The molecule has 5 nitrogen and oxygen atoms in total. The van der Waals surface area contributed by atoms with E-state index in [1.54, 1.807) is 30.5 Å². The molecule has 2 N–H and O–H groups in total. The van der Waals surface area contributed by atoms with E-state index in [1.165, 1.54) is 0 Å². The monoisotopic (exact) mass is 422 g/mol. The fraction of sp³-hybridized carbons (Fsp3) is 0.0455. The maximum Gasteiger partial charge on any atom is 0.255 e. The molecule has 0 saturated carbocycles. The van der Waals surface area contributed by atoms with Crippen LogP contribution < -0.4 is 5.32 Å². The SMILES string of the molecule is O=C(NCc1ccccn1)C(=Cc1ccc(Cl)c(Cl)c1)c1nc2ccccc2[nH]1. The van der Waals surface area contributed by atoms with Gasteiger partial charge >= 0.3 is 0 Å². The highest BCUT2D eigenvalue weighted by molar-refractivity contribution is 6.42. The van der Waals surface area contributed by atoms with Crippen LogP contribution in [0.2, 0.25) is 10.0 Å². The Morgan fingerprint density at radius 1 is 1.03 bits per heavy atom. The van der Waals surface area contributed by atoms with E-state index in [0.29, 0.717) is 28.0 Å². The van der Waals surface area contributed by atoms with Crippen molar-refractivity contribution in [3.05, 3.63) is 94.0 Å². The van der Waals surface area contributed by atoms with Gasteiger partial charge in [0, 0.05) is 6.20 Å². The zero-order valence-corrected chi connectivity index (χ0v) is 16.7. The van der Waals surface area contributed by atoms with Crippen molar-refractivity contribution in [1.82, 2.24) is 20.3 Å². The summed E-state index contributed by atoms with van der Waals surface area (Å²) < 4.78 is 0. The first kappa shape index (κ1) is 19.2. The van der Waals surface area contributed by atoms with E-state index in [4.69, 9.17) is 23.2 Å². The van der Waals surface area contributed by atoms with Crippen LogP contribution in [0.1, 0.15) is 17.1 Å². The summed E-state index contributed by atoms with van der Waals surface area (Å²) in [4.78, 5) is 25.0. The molecule has 2 aromatic carbocycles. The molecular weight excluding hydrogens is 407 g/mol. The van der Waals surface area contributed by atoms with Crippen molar-refractivity contribution in [1.29, 1.82) is 0 Å². The van der Waals surface area contributed by atoms with Crippen LogP contribution in [-0.4, -0.2) is 20.9 Å². The molecular formula is C22H16Cl2N4O. The number of amides is 1. The molecule has 4 rings (SSSR count). The highest BCUT2D eigenvalue weighted by Gasteiger charge is 2.17. The van der Waals surface area contributed by atoms with Gasteiger partial charge in [0.25, 0.3) is 5.91 Å². The number of hydrogen-bond donors (Lipinski definition) is 2. The number of imidazole rings is 1. The maximum absolute atomic E-state index is 13.0. The number of benzene rings is 2. The van der Waals surface area contributed by atoms with E-state index in [-0.39, 0.29) is 5.91 Å². The molecule has 29 heavy (non-hydrogen) atoms. The van der Waals surface area contributed by atoms with Crippen LogP contribution in [0.15, 0.2) is 66.9 Å². The molecule has 7 heteroatoms. The molecule has 1 amide bonds. The molecule has 0 spiro atoms. The van der Waals surface area contributed by atoms with Gasteiger partial charge in [-0.15, -0.1) is 0 Å². The molecule has 0 atom stereocenters. The van der Waals surface area contributed by atoms with E-state index in [1.807, 2.05) is 42.5 Å². The number of aromatic amines is 1. The zero-order valence-electron chi connectivity index (χ0n) is 15.2. The summed E-state index contributed by atoms with van der Waals surface area (Å²) in [6.07, 6.45) is 3.42. The minimum atomic E-state index is -0.277. The number of nitrogens with zero attached hydrogens (tertiary/aromatic N) is 2. The third kappa shape index (κ3) is 4.47. The summed E-state index contributed by atoms with van der Waals surface area (Å²) in [5.74, 6) is 0.191. The first-order chi connectivity index (χ1) is 14.1. The molecule has 4 aromatic rings. The molecule has 0 saturated heterocycles. The third-order valence-electron chi connectivity index (χ3n) is 4.30. The molecule has 2 heterocycles. The molecule has 0 fully saturated rings. The van der Waals surface area contributed by atoms with Crippen molar-refractivity contribution >= 4 is 51.8 Å². The number of carbonyl (C=O) groups excluding carboxylic acids is 1. The molecule has 0 aliphatic rings. The predicted octanol–water partition coefficient (Wildman–Crippen LogP) is 5.12. The molecule has 0 aliphatic heterocycles. The normalized spacial score (nSPS) is 11.6. The fourth-order valence-corrected chi connectivity index (χ4v) is 3.17. The number of nitrogens with one attached hydrogen (secondary N) is 2. The van der Waals surface area contributed by atoms with Gasteiger partial charge in [-0.2, -0.15) is 0 Å². The smallest absolute Gasteiger partial charge is 0.255 e. The molecule has 0 aliphatic carbocycles. The second-order valence-electron chi connectivity index (χ2n) is 6.34. The minimum absolute atomic E-state index is 0.277. The Morgan fingerprint density at radius 3 is 2.62 bits per heavy atom. The Hall–Kier alpha value is -3.15. The summed E-state index contributed by atoms with van der Waals surface area (Å²) >= 11 is 12.1. The fourth-order valence-electron chi connectivity index (χ4n) is 2.86. The van der Waals surface area contributed by atoms with Crippen LogP contribution in [0, 0.1) is 0 Å². The second-order valence-corrected chi connectivity index (χ2v) is 7.15. The van der Waals surface area contributed by atoms with Crippen LogP contribution in [-0.2, 0) is 11.3 Å². The van der Waals surface area contributed by atoms with Gasteiger partial charge in [-0.05, 0) is 48.0 Å². The van der Waals surface area contributed by atoms with Crippen LogP contribution in [0.3, 0.4) is 0 Å². The van der Waals surface area contributed by atoms with Gasteiger partial charge in [-0.3, -0.25) is 9.78 Å². The standard InChI is InChI=1S/C22H16Cl2N4O/c23-17-9-8-14(12-18(17)24)11-16(21-27-19-6-1-2-7-20(19)28-21)22(29)26-13-15-5-3-4-10-25-15/h1-12H,13H2,(H,26,29)(H,27,28). The summed E-state index contributed by atoms with van der Waals surface area (Å²) in [7, 11) is 0. The second kappa shape index (κ2) is 8.47. The van der Waals surface area contributed by atoms with Crippen molar-refractivity contribution in [3.63, 3.8) is 0 Å². The van der Waals surface area contributed by atoms with Crippen LogP contribution in [0.5, 0.6) is 0 Å². The van der Waals surface area contributed by atoms with E-state index in [9.17, 15) is 4.79 Å². The number of pyridine rings is 1. The summed E-state index contributed by atoms with van der Waals surface area (Å²) in [6.45, 7) is 0.304. The average Bonchev–Trinajstić information content (AvgIpc) is 3.17. The Balaban J connectivity index is 1.70. The molecule has 0 radical (unpaired) electrons. The zero-order chi connectivity index (χ0) is 20.2. The quantitative estimate of drug-likeness (QED) is 0.438. The first-order valence-corrected chi connectivity index (χ1v) is 9.66. The highest BCUT2D eigenvalue weighted by atomic mass is 35.5.